The quantitative estimate of drug-likeness (QED) is 0.428. The molecule has 0 atom stereocenters. The lowest BCUT2D eigenvalue weighted by atomic mass is 10.1. The van der Waals surface area contributed by atoms with Gasteiger partial charge in [0.25, 0.3) is 5.56 Å². The summed E-state index contributed by atoms with van der Waals surface area (Å²) in [7, 11) is 1.33. The molecule has 0 aliphatic carbocycles. The van der Waals surface area contributed by atoms with Crippen molar-refractivity contribution in [2.75, 3.05) is 7.11 Å². The van der Waals surface area contributed by atoms with E-state index in [1.807, 2.05) is 47.3 Å². The Labute approximate surface area is 165 Å². The fraction of sp³-hybridized carbons (Fsp3) is 0.143. The van der Waals surface area contributed by atoms with E-state index < -0.39 is 5.97 Å². The zero-order valence-electron chi connectivity index (χ0n) is 15.4. The number of rotatable bonds is 4. The molecule has 1 N–H and O–H groups in total. The van der Waals surface area contributed by atoms with E-state index in [0.29, 0.717) is 33.0 Å². The number of aromatic amines is 1. The lowest BCUT2D eigenvalue weighted by molar-refractivity contribution is -0.688. The second-order valence-electron chi connectivity index (χ2n) is 6.37. The summed E-state index contributed by atoms with van der Waals surface area (Å²) in [5, 5.41) is 0.442. The highest BCUT2D eigenvalue weighted by Crippen LogP contribution is 2.27. The number of aromatic nitrogens is 3. The number of hydrogen-bond acceptors (Lipinski definition) is 5. The first kappa shape index (κ1) is 18.1. The highest BCUT2D eigenvalue weighted by molar-refractivity contribution is 7.20. The van der Waals surface area contributed by atoms with Crippen LogP contribution in [0.1, 0.15) is 21.1 Å². The van der Waals surface area contributed by atoms with Crippen molar-refractivity contribution in [1.29, 1.82) is 0 Å². The largest absolute Gasteiger partial charge is 0.465 e. The van der Waals surface area contributed by atoms with Gasteiger partial charge >= 0.3 is 5.97 Å². The first-order valence-corrected chi connectivity index (χ1v) is 9.53. The number of hydrogen-bond donors (Lipinski definition) is 1. The molecule has 0 saturated heterocycles. The van der Waals surface area contributed by atoms with E-state index in [1.165, 1.54) is 18.4 Å². The number of benzene rings is 1. The normalized spacial score (nSPS) is 10.9. The molecule has 4 aromatic rings. The first-order chi connectivity index (χ1) is 13.6. The Hall–Kier alpha value is -3.32. The summed E-state index contributed by atoms with van der Waals surface area (Å²) < 4.78 is 6.76. The Bertz CT molecular complexity index is 1230. The van der Waals surface area contributed by atoms with Crippen molar-refractivity contribution < 1.29 is 14.1 Å². The molecule has 0 unspecified atom stereocenters. The van der Waals surface area contributed by atoms with E-state index in [2.05, 4.69) is 22.1 Å². The maximum absolute atomic E-state index is 12.6. The Kier molecular flexibility index (Phi) is 4.75. The zero-order chi connectivity index (χ0) is 19.7. The van der Waals surface area contributed by atoms with Gasteiger partial charge in [0.05, 0.1) is 12.5 Å². The van der Waals surface area contributed by atoms with Gasteiger partial charge in [-0.2, -0.15) is 4.57 Å². The lowest BCUT2D eigenvalue weighted by Crippen LogP contribution is -2.35. The number of carbonyl (C=O) groups excluding carboxylic acids is 1. The van der Waals surface area contributed by atoms with Crippen LogP contribution in [0.2, 0.25) is 0 Å². The third-order valence-corrected chi connectivity index (χ3v) is 5.68. The molecular weight excluding hydrogens is 374 g/mol. The third-order valence-electron chi connectivity index (χ3n) is 4.52. The van der Waals surface area contributed by atoms with Gasteiger partial charge in [0.1, 0.15) is 9.71 Å². The number of nitrogens with one attached hydrogen (secondary N) is 1. The maximum atomic E-state index is 12.6. The minimum atomic E-state index is -0.452. The number of H-pyrrole nitrogens is 1. The molecule has 4 rings (SSSR count). The topological polar surface area (TPSA) is 75.9 Å². The van der Waals surface area contributed by atoms with Crippen LogP contribution < -0.4 is 10.1 Å². The van der Waals surface area contributed by atoms with E-state index in [1.54, 1.807) is 6.92 Å². The Balaban J connectivity index is 1.71. The van der Waals surface area contributed by atoms with Crippen molar-refractivity contribution in [2.45, 2.75) is 13.5 Å². The van der Waals surface area contributed by atoms with E-state index in [9.17, 15) is 9.59 Å². The highest BCUT2D eigenvalue weighted by atomic mass is 32.1. The summed E-state index contributed by atoms with van der Waals surface area (Å²) >= 11 is 1.18. The maximum Gasteiger partial charge on any atom is 0.348 e. The molecule has 0 bridgehead atoms. The van der Waals surface area contributed by atoms with Crippen LogP contribution in [-0.2, 0) is 11.3 Å². The van der Waals surface area contributed by atoms with Crippen molar-refractivity contribution in [3.05, 3.63) is 81.5 Å². The predicted molar refractivity (Wildman–Crippen MR) is 107 cm³/mol. The lowest BCUT2D eigenvalue weighted by Gasteiger charge is -2.02. The van der Waals surface area contributed by atoms with Crippen LogP contribution in [0.5, 0.6) is 0 Å². The number of fused-ring (bicyclic) bond motifs is 1. The fourth-order valence-corrected chi connectivity index (χ4v) is 4.26. The third kappa shape index (κ3) is 3.32. The number of carbonyl (C=O) groups is 1. The highest BCUT2D eigenvalue weighted by Gasteiger charge is 2.20. The molecule has 140 valence electrons. The number of ether oxygens (including phenoxy) is 1. The van der Waals surface area contributed by atoms with Crippen molar-refractivity contribution in [3.8, 4) is 11.1 Å². The van der Waals surface area contributed by atoms with Gasteiger partial charge in [-0.15, -0.1) is 11.3 Å². The summed E-state index contributed by atoms with van der Waals surface area (Å²) in [6.45, 7) is 2.15. The van der Waals surface area contributed by atoms with E-state index in [-0.39, 0.29) is 5.56 Å². The summed E-state index contributed by atoms with van der Waals surface area (Å²) in [5.41, 5.74) is 2.55. The molecular formula is C21H18N3O3S+. The fourth-order valence-electron chi connectivity index (χ4n) is 3.15. The average molecular weight is 392 g/mol. The monoisotopic (exact) mass is 392 g/mol. The molecule has 0 radical (unpaired) electrons. The minimum absolute atomic E-state index is 0.247. The van der Waals surface area contributed by atoms with Gasteiger partial charge in [-0.3, -0.25) is 4.79 Å². The Morgan fingerprint density at radius 1 is 1.18 bits per heavy atom. The summed E-state index contributed by atoms with van der Waals surface area (Å²) in [5.74, 6) is 0.0803. The standard InChI is InChI=1S/C21H17N3O3S/c1-13-17-19(25)22-16(23-20(17)28-18(13)21(26)27-2)12-24-10-6-9-15(11-24)14-7-4-3-5-8-14/h3-11H,12H2,1-2H3/p+1. The van der Waals surface area contributed by atoms with E-state index in [0.717, 1.165) is 11.1 Å². The van der Waals surface area contributed by atoms with Gasteiger partial charge in [0.15, 0.2) is 18.2 Å². The van der Waals surface area contributed by atoms with Gasteiger partial charge in [0, 0.05) is 11.6 Å². The van der Waals surface area contributed by atoms with Gasteiger partial charge in [-0.05, 0) is 24.1 Å². The second-order valence-corrected chi connectivity index (χ2v) is 7.37. The van der Waals surface area contributed by atoms with Crippen LogP contribution in [0.4, 0.5) is 0 Å². The molecule has 0 saturated carbocycles. The minimum Gasteiger partial charge on any atom is -0.465 e. The van der Waals surface area contributed by atoms with Crippen molar-refractivity contribution >= 4 is 27.5 Å². The van der Waals surface area contributed by atoms with Crippen molar-refractivity contribution in [3.63, 3.8) is 0 Å². The molecule has 6 nitrogen and oxygen atoms in total. The summed E-state index contributed by atoms with van der Waals surface area (Å²) in [6.07, 6.45) is 3.94. The molecule has 3 heterocycles. The SMILES string of the molecule is COC(=O)c1sc2nc(C[n+]3cccc(-c4ccccc4)c3)[nH]c(=O)c2c1C. The molecule has 0 spiro atoms. The summed E-state index contributed by atoms with van der Waals surface area (Å²) in [6, 6.07) is 14.1. The molecule has 1 aromatic carbocycles. The summed E-state index contributed by atoms with van der Waals surface area (Å²) in [4.78, 5) is 32.8. The van der Waals surface area contributed by atoms with Crippen LogP contribution in [0, 0.1) is 6.92 Å². The van der Waals surface area contributed by atoms with Gasteiger partial charge < -0.3 is 9.72 Å². The molecule has 3 aromatic heterocycles. The van der Waals surface area contributed by atoms with Crippen molar-refractivity contribution in [1.82, 2.24) is 9.97 Å². The Morgan fingerprint density at radius 3 is 2.68 bits per heavy atom. The van der Waals surface area contributed by atoms with Gasteiger partial charge in [-0.1, -0.05) is 30.3 Å². The second kappa shape index (κ2) is 7.36. The molecule has 0 fully saturated rings. The smallest absolute Gasteiger partial charge is 0.348 e. The first-order valence-electron chi connectivity index (χ1n) is 8.72. The molecule has 28 heavy (non-hydrogen) atoms. The molecule has 0 aliphatic rings. The van der Waals surface area contributed by atoms with Crippen LogP contribution in [0.3, 0.4) is 0 Å². The van der Waals surface area contributed by atoms with Crippen LogP contribution in [0.25, 0.3) is 21.3 Å². The van der Waals surface area contributed by atoms with Gasteiger partial charge in [-0.25, -0.2) is 9.78 Å². The number of methoxy groups -OCH3 is 1. The van der Waals surface area contributed by atoms with Gasteiger partial charge in [0.2, 0.25) is 6.54 Å². The molecule has 0 aliphatic heterocycles. The van der Waals surface area contributed by atoms with Crippen molar-refractivity contribution in [2.24, 2.45) is 0 Å². The van der Waals surface area contributed by atoms with E-state index in [4.69, 9.17) is 4.74 Å². The van der Waals surface area contributed by atoms with Crippen LogP contribution >= 0.6 is 11.3 Å². The molecule has 7 heteroatoms. The van der Waals surface area contributed by atoms with Crippen LogP contribution in [0.15, 0.2) is 59.7 Å². The number of aryl methyl sites for hydroxylation is 1. The number of pyridine rings is 1. The average Bonchev–Trinajstić information content (AvgIpc) is 3.05. The Morgan fingerprint density at radius 2 is 1.93 bits per heavy atom. The predicted octanol–water partition coefficient (Wildman–Crippen LogP) is 3.08. The molecule has 0 amide bonds. The number of thiophene rings is 1. The number of nitrogens with zero attached hydrogens (tertiary/aromatic N) is 2. The van der Waals surface area contributed by atoms with E-state index >= 15 is 0 Å². The zero-order valence-corrected chi connectivity index (χ0v) is 16.2. The number of esters is 1. The van der Waals surface area contributed by atoms with Crippen LogP contribution in [-0.4, -0.2) is 23.0 Å².